The minimum absolute atomic E-state index is 0.0752. The van der Waals surface area contributed by atoms with E-state index in [1.54, 1.807) is 11.3 Å². The van der Waals surface area contributed by atoms with Gasteiger partial charge in [-0.25, -0.2) is 0 Å². The van der Waals surface area contributed by atoms with Crippen LogP contribution < -0.4 is 5.32 Å². The van der Waals surface area contributed by atoms with Crippen molar-refractivity contribution in [3.05, 3.63) is 22.3 Å². The van der Waals surface area contributed by atoms with Crippen molar-refractivity contribution < 1.29 is 4.79 Å². The van der Waals surface area contributed by atoms with Crippen molar-refractivity contribution in [2.24, 2.45) is 0 Å². The number of rotatable bonds is 12. The molecule has 0 atom stereocenters. The Morgan fingerprint density at radius 2 is 2.04 bits per heavy atom. The number of thiophene rings is 1. The number of nitrogens with one attached hydrogen (secondary N) is 2. The molecule has 2 aromatic heterocycles. The summed E-state index contributed by atoms with van der Waals surface area (Å²) in [5.74, 6) is 0.881. The summed E-state index contributed by atoms with van der Waals surface area (Å²) >= 11 is 6.90. The fourth-order valence-electron chi connectivity index (χ4n) is 2.73. The molecule has 0 aliphatic rings. The number of nitrogens with zero attached hydrogens (tertiary/aromatic N) is 2. The zero-order valence-electron chi connectivity index (χ0n) is 14.9. The summed E-state index contributed by atoms with van der Waals surface area (Å²) in [5.41, 5.74) is 0. The van der Waals surface area contributed by atoms with Gasteiger partial charge in [0.1, 0.15) is 0 Å². The molecule has 7 heteroatoms. The number of hydrogen-bond donors (Lipinski definition) is 2. The number of carbonyl (C=O) groups is 1. The number of amides is 1. The molecule has 0 saturated heterocycles. The van der Waals surface area contributed by atoms with E-state index in [4.69, 9.17) is 12.2 Å². The number of aromatic amines is 1. The van der Waals surface area contributed by atoms with E-state index < -0.39 is 0 Å². The Kier molecular flexibility index (Phi) is 8.90. The Morgan fingerprint density at radius 1 is 1.28 bits per heavy atom. The quantitative estimate of drug-likeness (QED) is 0.405. The summed E-state index contributed by atoms with van der Waals surface area (Å²) in [4.78, 5) is 13.1. The molecular formula is C18H28N4OS2. The molecule has 2 heterocycles. The first-order chi connectivity index (χ1) is 12.2. The van der Waals surface area contributed by atoms with Crippen LogP contribution in [0.5, 0.6) is 0 Å². The molecule has 0 unspecified atom stereocenters. The van der Waals surface area contributed by atoms with Crippen LogP contribution in [0.1, 0.15) is 58.3 Å². The van der Waals surface area contributed by atoms with Gasteiger partial charge >= 0.3 is 0 Å². The van der Waals surface area contributed by atoms with Crippen LogP contribution in [0, 0.1) is 4.77 Å². The van der Waals surface area contributed by atoms with Crippen LogP contribution in [-0.2, 0) is 11.3 Å². The van der Waals surface area contributed by atoms with Gasteiger partial charge in [-0.3, -0.25) is 14.5 Å². The highest BCUT2D eigenvalue weighted by Gasteiger charge is 2.11. The highest BCUT2D eigenvalue weighted by atomic mass is 32.1. The molecule has 0 bridgehead atoms. The second-order valence-electron chi connectivity index (χ2n) is 6.20. The van der Waals surface area contributed by atoms with Crippen molar-refractivity contribution in [1.82, 2.24) is 20.1 Å². The summed E-state index contributed by atoms with van der Waals surface area (Å²) in [6.45, 7) is 3.54. The van der Waals surface area contributed by atoms with E-state index in [1.165, 1.54) is 38.5 Å². The topological polar surface area (TPSA) is 62.7 Å². The van der Waals surface area contributed by atoms with E-state index >= 15 is 0 Å². The summed E-state index contributed by atoms with van der Waals surface area (Å²) in [6.07, 6.45) is 9.20. The fraction of sp³-hybridized carbons (Fsp3) is 0.611. The average Bonchev–Trinajstić information content (AvgIpc) is 3.25. The average molecular weight is 381 g/mol. The molecule has 2 N–H and O–H groups in total. The van der Waals surface area contributed by atoms with Crippen LogP contribution in [0.15, 0.2) is 17.5 Å². The third-order valence-corrected chi connectivity index (χ3v) is 5.34. The van der Waals surface area contributed by atoms with E-state index in [2.05, 4.69) is 22.4 Å². The lowest BCUT2D eigenvalue weighted by Crippen LogP contribution is -2.25. The van der Waals surface area contributed by atoms with Gasteiger partial charge in [0.05, 0.1) is 4.88 Å². The smallest absolute Gasteiger partial charge is 0.221 e. The Balaban J connectivity index is 1.66. The minimum Gasteiger partial charge on any atom is -0.356 e. The molecule has 25 heavy (non-hydrogen) atoms. The maximum Gasteiger partial charge on any atom is 0.221 e. The molecule has 2 rings (SSSR count). The fourth-order valence-corrected chi connectivity index (χ4v) is 3.68. The molecule has 0 aliphatic heterocycles. The molecule has 0 fully saturated rings. The van der Waals surface area contributed by atoms with Crippen molar-refractivity contribution in [3.63, 3.8) is 0 Å². The molecule has 0 aliphatic carbocycles. The highest BCUT2D eigenvalue weighted by Crippen LogP contribution is 2.22. The molecule has 5 nitrogen and oxygen atoms in total. The zero-order valence-corrected chi connectivity index (χ0v) is 16.6. The highest BCUT2D eigenvalue weighted by molar-refractivity contribution is 7.71. The van der Waals surface area contributed by atoms with Crippen LogP contribution in [0.25, 0.3) is 10.7 Å². The van der Waals surface area contributed by atoms with E-state index in [1.807, 2.05) is 22.1 Å². The first kappa shape index (κ1) is 19.8. The number of carbonyl (C=O) groups excluding carboxylic acids is 1. The molecule has 0 radical (unpaired) electrons. The van der Waals surface area contributed by atoms with Gasteiger partial charge < -0.3 is 5.32 Å². The summed E-state index contributed by atoms with van der Waals surface area (Å²) in [5, 5.41) is 12.1. The molecule has 0 saturated carbocycles. The molecule has 138 valence electrons. The number of H-pyrrole nitrogens is 1. The van der Waals surface area contributed by atoms with Crippen LogP contribution in [0.3, 0.4) is 0 Å². The van der Waals surface area contributed by atoms with E-state index in [-0.39, 0.29) is 5.91 Å². The van der Waals surface area contributed by atoms with Crippen molar-refractivity contribution in [3.8, 4) is 10.7 Å². The maximum absolute atomic E-state index is 12.0. The second kappa shape index (κ2) is 11.2. The molecule has 2 aromatic rings. The van der Waals surface area contributed by atoms with Crippen LogP contribution in [0.2, 0.25) is 0 Å². The zero-order chi connectivity index (χ0) is 17.9. The largest absolute Gasteiger partial charge is 0.356 e. The molecule has 1 amide bonds. The number of aromatic nitrogens is 3. The van der Waals surface area contributed by atoms with Crippen molar-refractivity contribution in [2.45, 2.75) is 64.8 Å². The van der Waals surface area contributed by atoms with Crippen LogP contribution >= 0.6 is 23.6 Å². The number of unbranched alkanes of at least 4 members (excludes halogenated alkanes) is 6. The van der Waals surface area contributed by atoms with E-state index in [9.17, 15) is 4.79 Å². The Morgan fingerprint density at radius 3 is 2.76 bits per heavy atom. The Labute approximate surface area is 158 Å². The summed E-state index contributed by atoms with van der Waals surface area (Å²) < 4.78 is 2.46. The van der Waals surface area contributed by atoms with Crippen molar-refractivity contribution in [2.75, 3.05) is 6.54 Å². The van der Waals surface area contributed by atoms with Gasteiger partial charge in [-0.2, -0.15) is 5.10 Å². The Bertz CT molecular complexity index is 676. The van der Waals surface area contributed by atoms with E-state index in [0.717, 1.165) is 23.7 Å². The lowest BCUT2D eigenvalue weighted by Gasteiger charge is -2.07. The molecular weight excluding hydrogens is 352 g/mol. The SMILES string of the molecule is CCCCCCCCCNC(=O)CCn1c(-c2cccs2)n[nH]c1=S. The molecule has 0 spiro atoms. The van der Waals surface area contributed by atoms with E-state index in [0.29, 0.717) is 17.7 Å². The van der Waals surface area contributed by atoms with Gasteiger partial charge in [-0.1, -0.05) is 51.5 Å². The lowest BCUT2D eigenvalue weighted by molar-refractivity contribution is -0.121. The molecule has 0 aromatic carbocycles. The van der Waals surface area contributed by atoms with Gasteiger partial charge in [0, 0.05) is 19.5 Å². The van der Waals surface area contributed by atoms with Gasteiger partial charge in [-0.15, -0.1) is 11.3 Å². The third-order valence-electron chi connectivity index (χ3n) is 4.16. The van der Waals surface area contributed by atoms with Crippen LogP contribution in [-0.4, -0.2) is 27.2 Å². The maximum atomic E-state index is 12.0. The van der Waals surface area contributed by atoms with Gasteiger partial charge in [0.2, 0.25) is 5.91 Å². The number of hydrogen-bond acceptors (Lipinski definition) is 4. The van der Waals surface area contributed by atoms with Crippen molar-refractivity contribution in [1.29, 1.82) is 0 Å². The third kappa shape index (κ3) is 6.74. The predicted molar refractivity (Wildman–Crippen MR) is 106 cm³/mol. The second-order valence-corrected chi connectivity index (χ2v) is 7.54. The normalized spacial score (nSPS) is 10.9. The standard InChI is InChI=1S/C18H28N4OS2/c1-2-3-4-5-6-7-8-12-19-16(23)11-13-22-17(20-21-18(22)24)15-10-9-14-25-15/h9-10,14H,2-8,11-13H2,1H3,(H,19,23)(H,21,24). The summed E-state index contributed by atoms with van der Waals surface area (Å²) in [7, 11) is 0. The minimum atomic E-state index is 0.0752. The van der Waals surface area contributed by atoms with Crippen molar-refractivity contribution >= 4 is 29.5 Å². The first-order valence-electron chi connectivity index (χ1n) is 9.18. The lowest BCUT2D eigenvalue weighted by atomic mass is 10.1. The monoisotopic (exact) mass is 380 g/mol. The Hall–Kier alpha value is -1.47. The van der Waals surface area contributed by atoms with Gasteiger partial charge in [0.25, 0.3) is 0 Å². The summed E-state index contributed by atoms with van der Waals surface area (Å²) in [6, 6.07) is 3.99. The van der Waals surface area contributed by atoms with Gasteiger partial charge in [0.15, 0.2) is 10.6 Å². The van der Waals surface area contributed by atoms with Gasteiger partial charge in [-0.05, 0) is 30.1 Å². The predicted octanol–water partition coefficient (Wildman–Crippen LogP) is 4.93. The first-order valence-corrected chi connectivity index (χ1v) is 10.5. The van der Waals surface area contributed by atoms with Crippen LogP contribution in [0.4, 0.5) is 0 Å².